The summed E-state index contributed by atoms with van der Waals surface area (Å²) >= 11 is 13.9. The van der Waals surface area contributed by atoms with Gasteiger partial charge in [-0.25, -0.2) is 0 Å². The molecule has 0 aliphatic heterocycles. The molecule has 0 aliphatic carbocycles. The maximum absolute atomic E-state index is 12.6. The average molecular weight is 830 g/mol. The Morgan fingerprint density at radius 2 is 1.40 bits per heavy atom. The van der Waals surface area contributed by atoms with E-state index in [1.165, 1.54) is 30.5 Å². The van der Waals surface area contributed by atoms with Crippen molar-refractivity contribution < 1.29 is 35.7 Å². The van der Waals surface area contributed by atoms with Crippen molar-refractivity contribution in [3.05, 3.63) is 22.5 Å². The van der Waals surface area contributed by atoms with Crippen molar-refractivity contribution in [2.24, 2.45) is 14.1 Å². The van der Waals surface area contributed by atoms with Crippen LogP contribution in [-0.2, 0) is 49.2 Å². The van der Waals surface area contributed by atoms with Crippen LogP contribution in [0.25, 0.3) is 0 Å². The normalized spacial score (nSPS) is 12.7. The molecule has 0 aromatic carbocycles. The van der Waals surface area contributed by atoms with Crippen molar-refractivity contribution in [3.8, 4) is 0 Å². The Morgan fingerprint density at radius 1 is 0.971 bits per heavy atom. The number of halogens is 10. The van der Waals surface area contributed by atoms with E-state index in [1.807, 2.05) is 6.92 Å². The second-order valence-corrected chi connectivity index (χ2v) is 24.9. The predicted molar refractivity (Wildman–Crippen MR) is 142 cm³/mol. The molecule has 2 heterocycles. The van der Waals surface area contributed by atoms with Crippen LogP contribution in [0.5, 0.6) is 0 Å². The molecule has 2 aromatic rings. The van der Waals surface area contributed by atoms with Crippen molar-refractivity contribution >= 4 is 89.0 Å². The van der Waals surface area contributed by atoms with E-state index in [-0.39, 0.29) is 25.7 Å². The van der Waals surface area contributed by atoms with Crippen molar-refractivity contribution in [2.45, 2.75) is 48.2 Å². The number of thioether (sulfide) groups is 1. The number of nitrogens with zero attached hydrogens (tertiary/aromatic N) is 4. The first-order chi connectivity index (χ1) is 16.0. The summed E-state index contributed by atoms with van der Waals surface area (Å²) in [4.78, 5) is 0. The van der Waals surface area contributed by atoms with Gasteiger partial charge in [0, 0.05) is 36.3 Å². The molecule has 204 valence electrons. The van der Waals surface area contributed by atoms with Gasteiger partial charge in [-0.3, -0.25) is 13.6 Å². The molecule has 0 saturated heterocycles. The number of aliphatic hydroxyl groups is 1. The Hall–Kier alpha value is 0.810. The molecule has 35 heavy (non-hydrogen) atoms. The molecule has 0 bridgehead atoms. The lowest BCUT2D eigenvalue weighted by Crippen LogP contribution is -2.09. The fourth-order valence-corrected chi connectivity index (χ4v) is 5.17. The summed E-state index contributed by atoms with van der Waals surface area (Å²) < 4.78 is 88.8. The summed E-state index contributed by atoms with van der Waals surface area (Å²) in [6, 6.07) is 0. The van der Waals surface area contributed by atoms with Crippen LogP contribution in [0.15, 0.2) is 10.1 Å². The van der Waals surface area contributed by atoms with Crippen LogP contribution < -0.4 is 0 Å². The van der Waals surface area contributed by atoms with Gasteiger partial charge in [0.15, 0.2) is 11.4 Å². The lowest BCUT2D eigenvalue weighted by molar-refractivity contribution is -0.143. The lowest BCUT2D eigenvalue weighted by Gasteiger charge is -2.05. The van der Waals surface area contributed by atoms with Gasteiger partial charge in [0.2, 0.25) is 0 Å². The largest absolute Gasteiger partial charge is 0.435 e. The molecular weight excluding hydrogens is 809 g/mol. The van der Waals surface area contributed by atoms with E-state index in [4.69, 9.17) is 5.11 Å². The predicted octanol–water partition coefficient (Wildman–Crippen LogP) is 7.90. The number of rotatable bonds is 6. The third kappa shape index (κ3) is 11.2. The van der Waals surface area contributed by atoms with Crippen LogP contribution in [0.2, 0.25) is 0 Å². The number of alkyl halides is 7. The van der Waals surface area contributed by atoms with Crippen molar-refractivity contribution in [1.29, 1.82) is 0 Å². The second kappa shape index (κ2) is 16.0. The van der Waals surface area contributed by atoms with Crippen LogP contribution in [0.1, 0.15) is 36.4 Å². The molecule has 0 amide bonds. The molecular formula is C16H21Br4F6N4O2PS2. The fourth-order valence-electron chi connectivity index (χ4n) is 2.56. The van der Waals surface area contributed by atoms with Crippen LogP contribution in [0, 0.1) is 0 Å². The van der Waals surface area contributed by atoms with Crippen LogP contribution >= 0.6 is 78.2 Å². The van der Waals surface area contributed by atoms with Crippen molar-refractivity contribution in [2.75, 3.05) is 11.5 Å². The second-order valence-electron chi connectivity index (χ2n) is 6.06. The van der Waals surface area contributed by atoms with Gasteiger partial charge in [-0.05, 0) is 52.2 Å². The van der Waals surface area contributed by atoms with Gasteiger partial charge in [0.25, 0.3) is 0 Å². The van der Waals surface area contributed by atoms with E-state index in [0.29, 0.717) is 5.03 Å². The molecule has 1 unspecified atom stereocenters. The zero-order valence-electron chi connectivity index (χ0n) is 18.5. The van der Waals surface area contributed by atoms with E-state index in [0.717, 1.165) is 10.4 Å². The zero-order valence-corrected chi connectivity index (χ0v) is 27.4. The number of aryl methyl sites for hydroxylation is 2. The SMILES string of the molecule is BrP(Br)Br.CCS(=O)c1c(CO)c(C(F)(F)F)nn1C.CCSc1c(CBr)c(C(F)(F)F)nn1C. The quantitative estimate of drug-likeness (QED) is 0.139. The minimum atomic E-state index is -4.65. The first-order valence-electron chi connectivity index (χ1n) is 9.19. The molecule has 0 spiro atoms. The molecule has 19 heteroatoms. The molecule has 2 rings (SSSR count). The Labute approximate surface area is 238 Å². The summed E-state index contributed by atoms with van der Waals surface area (Å²) in [5, 5.41) is 16.4. The highest BCUT2D eigenvalue weighted by Crippen LogP contribution is 2.59. The van der Waals surface area contributed by atoms with Gasteiger partial charge >= 0.3 is 12.4 Å². The summed E-state index contributed by atoms with van der Waals surface area (Å²) in [5.41, 5.74) is -2.15. The zero-order chi connectivity index (χ0) is 27.7. The maximum atomic E-state index is 12.6. The minimum absolute atomic E-state index is 0.0719. The van der Waals surface area contributed by atoms with Crippen molar-refractivity contribution in [3.63, 3.8) is 0 Å². The Kier molecular flexibility index (Phi) is 16.4. The van der Waals surface area contributed by atoms with E-state index in [1.54, 1.807) is 6.92 Å². The molecule has 1 N–H and O–H groups in total. The van der Waals surface area contributed by atoms with E-state index in [2.05, 4.69) is 72.6 Å². The van der Waals surface area contributed by atoms with Crippen LogP contribution in [0.4, 0.5) is 26.3 Å². The molecule has 0 fully saturated rings. The van der Waals surface area contributed by atoms with Crippen molar-refractivity contribution in [1.82, 2.24) is 19.6 Å². The van der Waals surface area contributed by atoms with Gasteiger partial charge in [-0.15, -0.1) is 11.8 Å². The first kappa shape index (κ1) is 35.8. The molecule has 0 radical (unpaired) electrons. The third-order valence-corrected chi connectivity index (χ3v) is 6.86. The first-order valence-corrected chi connectivity index (χ1v) is 20.0. The number of aromatic nitrogens is 4. The van der Waals surface area contributed by atoms with Gasteiger partial charge in [0.05, 0.1) is 22.4 Å². The maximum Gasteiger partial charge on any atom is 0.435 e. The van der Waals surface area contributed by atoms with Gasteiger partial charge < -0.3 is 5.11 Å². The highest BCUT2D eigenvalue weighted by atomic mass is 80.0. The Balaban J connectivity index is 0.000000574. The summed E-state index contributed by atoms with van der Waals surface area (Å²) in [6.45, 7) is 2.64. The Bertz CT molecular complexity index is 971. The van der Waals surface area contributed by atoms with Crippen LogP contribution in [0.3, 0.4) is 0 Å². The number of hydrogen-bond acceptors (Lipinski definition) is 5. The lowest BCUT2D eigenvalue weighted by atomic mass is 10.2. The Morgan fingerprint density at radius 3 is 1.74 bits per heavy atom. The molecule has 0 saturated carbocycles. The average Bonchev–Trinajstić information content (AvgIpc) is 3.24. The van der Waals surface area contributed by atoms with E-state index >= 15 is 0 Å². The summed E-state index contributed by atoms with van der Waals surface area (Å²) in [7, 11) is 1.22. The molecule has 2 aromatic heterocycles. The highest BCUT2D eigenvalue weighted by Gasteiger charge is 2.40. The smallest absolute Gasteiger partial charge is 0.391 e. The third-order valence-electron chi connectivity index (χ3n) is 3.76. The van der Waals surface area contributed by atoms with Crippen LogP contribution in [-0.4, -0.2) is 40.4 Å². The highest BCUT2D eigenvalue weighted by molar-refractivity contribution is 9.93. The standard InChI is InChI=1S/C8H10BrF3N2S.C8H11F3N2O2S.Br3P/c1-3-15-7-5(4-9)6(8(10,11)12)13-14(7)2;1-3-16(15)7-5(4-14)6(8(9,10)11)12-13(7)2;1-4(2)3/h3-4H2,1-2H3;14H,3-4H2,1-2H3;. The summed E-state index contributed by atoms with van der Waals surface area (Å²) in [6.07, 6.45) is -9.03. The van der Waals surface area contributed by atoms with Gasteiger partial charge in [0.1, 0.15) is 9.05 Å². The molecule has 6 nitrogen and oxygen atoms in total. The monoisotopic (exact) mass is 826 g/mol. The topological polar surface area (TPSA) is 72.9 Å². The number of aliphatic hydroxyl groups excluding tert-OH is 1. The minimum Gasteiger partial charge on any atom is -0.391 e. The van der Waals surface area contributed by atoms with E-state index < -0.39 is 46.7 Å². The molecule has 1 atom stereocenters. The summed E-state index contributed by atoms with van der Waals surface area (Å²) in [5.74, 6) is 0.890. The van der Waals surface area contributed by atoms with Gasteiger partial charge in [-0.2, -0.15) is 36.5 Å². The fraction of sp³-hybridized carbons (Fsp3) is 0.625. The molecule has 0 aliphatic rings. The van der Waals surface area contributed by atoms with Gasteiger partial charge in [-0.1, -0.05) is 29.8 Å². The number of hydrogen-bond donors (Lipinski definition) is 1. The van der Waals surface area contributed by atoms with E-state index in [9.17, 15) is 30.6 Å².